The summed E-state index contributed by atoms with van der Waals surface area (Å²) in [6.07, 6.45) is 1.49. The third-order valence-electron chi connectivity index (χ3n) is 3.51. The van der Waals surface area contributed by atoms with E-state index in [1.165, 1.54) is 20.4 Å². The molecule has 0 radical (unpaired) electrons. The molecule has 0 bridgehead atoms. The predicted octanol–water partition coefficient (Wildman–Crippen LogP) is 3.71. The van der Waals surface area contributed by atoms with E-state index in [1.54, 1.807) is 37.4 Å². The van der Waals surface area contributed by atoms with Gasteiger partial charge in [0.2, 0.25) is 5.91 Å². The lowest BCUT2D eigenvalue weighted by Gasteiger charge is -2.10. The first kappa shape index (κ1) is 19.9. The van der Waals surface area contributed by atoms with E-state index in [0.717, 1.165) is 0 Å². The van der Waals surface area contributed by atoms with Gasteiger partial charge in [-0.25, -0.2) is 5.43 Å². The van der Waals surface area contributed by atoms with Crippen LogP contribution in [0.15, 0.2) is 35.4 Å². The molecule has 1 N–H and O–H groups in total. The summed E-state index contributed by atoms with van der Waals surface area (Å²) in [4.78, 5) is 12.1. The molecular formula is C18H18Cl2N2O4. The summed E-state index contributed by atoms with van der Waals surface area (Å²) in [5.74, 6) is 1.20. The number of halogens is 2. The van der Waals surface area contributed by atoms with Gasteiger partial charge >= 0.3 is 0 Å². The van der Waals surface area contributed by atoms with Gasteiger partial charge in [0.25, 0.3) is 0 Å². The third-order valence-corrected chi connectivity index (χ3v) is 4.27. The maximum Gasteiger partial charge on any atom is 0.244 e. The summed E-state index contributed by atoms with van der Waals surface area (Å²) >= 11 is 12.3. The zero-order valence-corrected chi connectivity index (χ0v) is 16.0. The minimum absolute atomic E-state index is 0.0625. The molecule has 0 atom stereocenters. The highest BCUT2D eigenvalue weighted by atomic mass is 35.5. The molecule has 0 fully saturated rings. The molecule has 8 heteroatoms. The summed E-state index contributed by atoms with van der Waals surface area (Å²) in [6, 6.07) is 8.51. The Morgan fingerprint density at radius 1 is 1.12 bits per heavy atom. The summed E-state index contributed by atoms with van der Waals surface area (Å²) in [5.41, 5.74) is 3.65. The number of ether oxygens (including phenoxy) is 3. The Labute approximate surface area is 161 Å². The molecule has 2 aromatic carbocycles. The molecule has 138 valence electrons. The minimum atomic E-state index is -0.326. The van der Waals surface area contributed by atoms with Crippen LogP contribution in [0.3, 0.4) is 0 Å². The Morgan fingerprint density at radius 3 is 2.54 bits per heavy atom. The van der Waals surface area contributed by atoms with Crippen LogP contribution in [0.2, 0.25) is 10.0 Å². The summed E-state index contributed by atoms with van der Waals surface area (Å²) in [6.45, 7) is 0. The van der Waals surface area contributed by atoms with Crippen LogP contribution in [0, 0.1) is 0 Å². The van der Waals surface area contributed by atoms with Gasteiger partial charge in [0.15, 0.2) is 11.5 Å². The lowest BCUT2D eigenvalue weighted by molar-refractivity contribution is -0.120. The normalized spacial score (nSPS) is 10.7. The molecule has 0 aromatic heterocycles. The standard InChI is InChI=1S/C18H18Cl2N2O4/c1-24-13-5-6-14(19)12(8-13)9-16(23)22-21-10-11-4-7-15(25-2)18(26-3)17(11)20/h4-8,10H,9H2,1-3H3,(H,22,23)/b21-10+. The van der Waals surface area contributed by atoms with Gasteiger partial charge < -0.3 is 14.2 Å². The Morgan fingerprint density at radius 2 is 1.88 bits per heavy atom. The van der Waals surface area contributed by atoms with Crippen LogP contribution >= 0.6 is 23.2 Å². The quantitative estimate of drug-likeness (QED) is 0.571. The monoisotopic (exact) mass is 396 g/mol. The molecule has 1 amide bonds. The van der Waals surface area contributed by atoms with Gasteiger partial charge in [-0.2, -0.15) is 5.10 Å². The largest absolute Gasteiger partial charge is 0.497 e. The van der Waals surface area contributed by atoms with E-state index in [1.807, 2.05) is 0 Å². The van der Waals surface area contributed by atoms with E-state index in [-0.39, 0.29) is 12.3 Å². The highest BCUT2D eigenvalue weighted by Crippen LogP contribution is 2.36. The van der Waals surface area contributed by atoms with Crippen molar-refractivity contribution in [3.63, 3.8) is 0 Å². The Bertz CT molecular complexity index is 825. The smallest absolute Gasteiger partial charge is 0.244 e. The van der Waals surface area contributed by atoms with Crippen molar-refractivity contribution in [1.82, 2.24) is 5.43 Å². The van der Waals surface area contributed by atoms with Gasteiger partial charge in [0, 0.05) is 10.6 Å². The third kappa shape index (κ3) is 4.80. The fraction of sp³-hybridized carbons (Fsp3) is 0.222. The Hall–Kier alpha value is -2.44. The number of rotatable bonds is 7. The molecule has 26 heavy (non-hydrogen) atoms. The van der Waals surface area contributed by atoms with Crippen molar-refractivity contribution in [1.29, 1.82) is 0 Å². The van der Waals surface area contributed by atoms with E-state index in [4.69, 9.17) is 37.4 Å². The zero-order valence-electron chi connectivity index (χ0n) is 14.5. The number of hydrogen-bond acceptors (Lipinski definition) is 5. The van der Waals surface area contributed by atoms with E-state index >= 15 is 0 Å². The number of carbonyl (C=O) groups is 1. The van der Waals surface area contributed by atoms with Crippen LogP contribution < -0.4 is 19.6 Å². The molecule has 0 aliphatic rings. The van der Waals surface area contributed by atoms with Gasteiger partial charge in [0.1, 0.15) is 5.75 Å². The van der Waals surface area contributed by atoms with Crippen LogP contribution in [0.5, 0.6) is 17.2 Å². The first-order valence-electron chi connectivity index (χ1n) is 7.55. The molecule has 0 spiro atoms. The van der Waals surface area contributed by atoms with Gasteiger partial charge in [-0.15, -0.1) is 0 Å². The number of nitrogens with one attached hydrogen (secondary N) is 1. The predicted molar refractivity (Wildman–Crippen MR) is 102 cm³/mol. The number of methoxy groups -OCH3 is 3. The second kappa shape index (κ2) is 9.31. The lowest BCUT2D eigenvalue weighted by atomic mass is 10.1. The average molecular weight is 397 g/mol. The second-order valence-electron chi connectivity index (χ2n) is 5.13. The Kier molecular flexibility index (Phi) is 7.12. The molecule has 0 aliphatic heterocycles. The topological polar surface area (TPSA) is 69.2 Å². The van der Waals surface area contributed by atoms with Crippen molar-refractivity contribution in [2.45, 2.75) is 6.42 Å². The molecule has 0 saturated heterocycles. The maximum atomic E-state index is 12.1. The van der Waals surface area contributed by atoms with Crippen LogP contribution in [0.1, 0.15) is 11.1 Å². The molecule has 0 unspecified atom stereocenters. The van der Waals surface area contributed by atoms with Crippen molar-refractivity contribution in [2.75, 3.05) is 21.3 Å². The first-order chi connectivity index (χ1) is 12.5. The van der Waals surface area contributed by atoms with E-state index in [9.17, 15) is 4.79 Å². The fourth-order valence-corrected chi connectivity index (χ4v) is 2.67. The number of hydrazone groups is 1. The number of benzene rings is 2. The summed E-state index contributed by atoms with van der Waals surface area (Å²) in [5, 5.41) is 4.74. The minimum Gasteiger partial charge on any atom is -0.497 e. The van der Waals surface area contributed by atoms with E-state index in [0.29, 0.717) is 38.4 Å². The van der Waals surface area contributed by atoms with E-state index in [2.05, 4.69) is 10.5 Å². The van der Waals surface area contributed by atoms with Crippen LogP contribution in [0.4, 0.5) is 0 Å². The van der Waals surface area contributed by atoms with Gasteiger partial charge in [-0.1, -0.05) is 23.2 Å². The lowest BCUT2D eigenvalue weighted by Crippen LogP contribution is -2.20. The number of carbonyl (C=O) groups excluding carboxylic acids is 1. The van der Waals surface area contributed by atoms with Crippen molar-refractivity contribution in [3.05, 3.63) is 51.5 Å². The number of amides is 1. The molecular weight excluding hydrogens is 379 g/mol. The van der Waals surface area contributed by atoms with Crippen molar-refractivity contribution in [3.8, 4) is 17.2 Å². The van der Waals surface area contributed by atoms with Gasteiger partial charge in [-0.3, -0.25) is 4.79 Å². The second-order valence-corrected chi connectivity index (χ2v) is 5.92. The SMILES string of the molecule is COc1ccc(Cl)c(CC(=O)N/N=C/c2ccc(OC)c(OC)c2Cl)c1. The van der Waals surface area contributed by atoms with Crippen molar-refractivity contribution < 1.29 is 19.0 Å². The summed E-state index contributed by atoms with van der Waals surface area (Å²) in [7, 11) is 4.56. The molecule has 6 nitrogen and oxygen atoms in total. The van der Waals surface area contributed by atoms with Gasteiger partial charge in [-0.05, 0) is 35.9 Å². The molecule has 0 heterocycles. The molecule has 0 saturated carbocycles. The molecule has 0 aliphatic carbocycles. The highest BCUT2D eigenvalue weighted by molar-refractivity contribution is 6.34. The summed E-state index contributed by atoms with van der Waals surface area (Å²) < 4.78 is 15.5. The zero-order chi connectivity index (χ0) is 19.1. The number of hydrogen-bond donors (Lipinski definition) is 1. The van der Waals surface area contributed by atoms with Crippen LogP contribution in [0.25, 0.3) is 0 Å². The Balaban J connectivity index is 2.06. The van der Waals surface area contributed by atoms with Crippen LogP contribution in [-0.2, 0) is 11.2 Å². The van der Waals surface area contributed by atoms with E-state index < -0.39 is 0 Å². The van der Waals surface area contributed by atoms with Crippen LogP contribution in [-0.4, -0.2) is 33.5 Å². The molecule has 2 rings (SSSR count). The van der Waals surface area contributed by atoms with Crippen molar-refractivity contribution >= 4 is 35.3 Å². The van der Waals surface area contributed by atoms with Gasteiger partial charge in [0.05, 0.1) is 39.0 Å². The first-order valence-corrected chi connectivity index (χ1v) is 8.30. The fourth-order valence-electron chi connectivity index (χ4n) is 2.20. The molecule has 2 aromatic rings. The average Bonchev–Trinajstić information content (AvgIpc) is 2.64. The maximum absolute atomic E-state index is 12.1. The highest BCUT2D eigenvalue weighted by Gasteiger charge is 2.12. The van der Waals surface area contributed by atoms with Crippen molar-refractivity contribution in [2.24, 2.45) is 5.10 Å². The number of nitrogens with zero attached hydrogens (tertiary/aromatic N) is 1.